The molecular formula is C15H24N2O. The molecule has 0 aliphatic rings. The minimum absolute atomic E-state index is 0.0145. The van der Waals surface area contributed by atoms with Crippen molar-refractivity contribution < 1.29 is 4.79 Å². The first kappa shape index (κ1) is 14.7. The molecule has 1 rings (SSSR count). The summed E-state index contributed by atoms with van der Waals surface area (Å²) in [6.45, 7) is 6.10. The lowest BCUT2D eigenvalue weighted by Crippen LogP contribution is -2.46. The molecule has 0 saturated carbocycles. The third kappa shape index (κ3) is 3.33. The zero-order valence-electron chi connectivity index (χ0n) is 11.8. The Labute approximate surface area is 110 Å². The van der Waals surface area contributed by atoms with E-state index in [0.717, 1.165) is 12.0 Å². The molecule has 3 atom stereocenters. The van der Waals surface area contributed by atoms with E-state index in [1.165, 1.54) is 0 Å². The van der Waals surface area contributed by atoms with E-state index in [-0.39, 0.29) is 17.9 Å². The van der Waals surface area contributed by atoms with Crippen LogP contribution in [0.1, 0.15) is 38.8 Å². The molecule has 0 spiro atoms. The van der Waals surface area contributed by atoms with E-state index in [4.69, 9.17) is 5.73 Å². The lowest BCUT2D eigenvalue weighted by molar-refractivity contribution is -0.134. The molecule has 2 N–H and O–H groups in total. The van der Waals surface area contributed by atoms with Crippen molar-refractivity contribution in [3.63, 3.8) is 0 Å². The zero-order chi connectivity index (χ0) is 13.7. The molecule has 100 valence electrons. The van der Waals surface area contributed by atoms with Gasteiger partial charge >= 0.3 is 0 Å². The van der Waals surface area contributed by atoms with Gasteiger partial charge < -0.3 is 10.6 Å². The van der Waals surface area contributed by atoms with Crippen LogP contribution in [0.2, 0.25) is 0 Å². The van der Waals surface area contributed by atoms with Gasteiger partial charge in [0, 0.05) is 7.05 Å². The lowest BCUT2D eigenvalue weighted by Gasteiger charge is -2.29. The Morgan fingerprint density at radius 2 is 1.83 bits per heavy atom. The van der Waals surface area contributed by atoms with Gasteiger partial charge in [-0.1, -0.05) is 50.6 Å². The molecule has 3 nitrogen and oxygen atoms in total. The summed E-state index contributed by atoms with van der Waals surface area (Å²) in [5.74, 6) is 0.226. The maximum Gasteiger partial charge on any atom is 0.240 e. The molecule has 3 heteroatoms. The first-order chi connectivity index (χ1) is 8.49. The van der Waals surface area contributed by atoms with Crippen molar-refractivity contribution in [3.05, 3.63) is 35.9 Å². The third-order valence-electron chi connectivity index (χ3n) is 3.75. The summed E-state index contributed by atoms with van der Waals surface area (Å²) in [5, 5.41) is 0. The van der Waals surface area contributed by atoms with Crippen molar-refractivity contribution in [3.8, 4) is 0 Å². The molecular weight excluding hydrogens is 224 g/mol. The highest BCUT2D eigenvalue weighted by Gasteiger charge is 2.25. The van der Waals surface area contributed by atoms with Crippen molar-refractivity contribution in [1.29, 1.82) is 0 Å². The Bertz CT molecular complexity index is 377. The van der Waals surface area contributed by atoms with Crippen molar-refractivity contribution in [2.24, 2.45) is 11.7 Å². The van der Waals surface area contributed by atoms with Crippen molar-refractivity contribution in [2.75, 3.05) is 7.05 Å². The van der Waals surface area contributed by atoms with Crippen LogP contribution in [0.4, 0.5) is 0 Å². The second-order valence-electron chi connectivity index (χ2n) is 4.95. The van der Waals surface area contributed by atoms with Crippen LogP contribution in [0.3, 0.4) is 0 Å². The van der Waals surface area contributed by atoms with Gasteiger partial charge in [-0.15, -0.1) is 0 Å². The lowest BCUT2D eigenvalue weighted by atomic mass is 9.98. The van der Waals surface area contributed by atoms with Gasteiger partial charge in [-0.2, -0.15) is 0 Å². The highest BCUT2D eigenvalue weighted by atomic mass is 16.2. The van der Waals surface area contributed by atoms with Gasteiger partial charge in [-0.05, 0) is 18.4 Å². The van der Waals surface area contributed by atoms with E-state index in [1.54, 1.807) is 4.90 Å². The molecule has 0 aromatic heterocycles. The summed E-state index contributed by atoms with van der Waals surface area (Å²) >= 11 is 0. The fourth-order valence-electron chi connectivity index (χ4n) is 1.88. The van der Waals surface area contributed by atoms with Crippen LogP contribution in [-0.2, 0) is 4.79 Å². The van der Waals surface area contributed by atoms with Gasteiger partial charge in [0.15, 0.2) is 0 Å². The van der Waals surface area contributed by atoms with Crippen LogP contribution >= 0.6 is 0 Å². The largest absolute Gasteiger partial charge is 0.338 e. The Morgan fingerprint density at radius 3 is 2.33 bits per heavy atom. The minimum atomic E-state index is -0.411. The van der Waals surface area contributed by atoms with Gasteiger partial charge in [0.05, 0.1) is 12.1 Å². The monoisotopic (exact) mass is 248 g/mol. The first-order valence-corrected chi connectivity index (χ1v) is 6.56. The number of rotatable bonds is 5. The smallest absolute Gasteiger partial charge is 0.240 e. The fourth-order valence-corrected chi connectivity index (χ4v) is 1.88. The summed E-state index contributed by atoms with van der Waals surface area (Å²) in [5.41, 5.74) is 7.13. The molecule has 0 bridgehead atoms. The maximum atomic E-state index is 12.3. The molecule has 0 fully saturated rings. The summed E-state index contributed by atoms with van der Waals surface area (Å²) < 4.78 is 0. The number of benzene rings is 1. The number of hydrogen-bond donors (Lipinski definition) is 1. The predicted molar refractivity (Wildman–Crippen MR) is 75.1 cm³/mol. The SMILES string of the molecule is CC[C@H](C)[C@H](N)C(=O)N(C)C(C)c1ccccc1. The second kappa shape index (κ2) is 6.55. The normalized spacial score (nSPS) is 15.8. The van der Waals surface area contributed by atoms with E-state index in [9.17, 15) is 4.79 Å². The molecule has 1 unspecified atom stereocenters. The Balaban J connectivity index is 2.75. The molecule has 1 aromatic carbocycles. The molecule has 0 saturated heterocycles. The number of nitrogens with two attached hydrogens (primary N) is 1. The summed E-state index contributed by atoms with van der Waals surface area (Å²) in [6.07, 6.45) is 0.917. The average Bonchev–Trinajstić information content (AvgIpc) is 2.44. The van der Waals surface area contributed by atoms with E-state index < -0.39 is 6.04 Å². The Kier molecular flexibility index (Phi) is 5.35. The quantitative estimate of drug-likeness (QED) is 0.870. The number of carbonyl (C=O) groups is 1. The van der Waals surface area contributed by atoms with Gasteiger partial charge in [-0.3, -0.25) is 4.79 Å². The van der Waals surface area contributed by atoms with E-state index >= 15 is 0 Å². The van der Waals surface area contributed by atoms with Crippen LogP contribution in [0.5, 0.6) is 0 Å². The van der Waals surface area contributed by atoms with E-state index in [0.29, 0.717) is 0 Å². The first-order valence-electron chi connectivity index (χ1n) is 6.56. The molecule has 0 radical (unpaired) electrons. The molecule has 0 aliphatic heterocycles. The molecule has 1 aromatic rings. The summed E-state index contributed by atoms with van der Waals surface area (Å²) in [6, 6.07) is 9.65. The van der Waals surface area contributed by atoms with Crippen LogP contribution in [0.25, 0.3) is 0 Å². The standard InChI is InChI=1S/C15H24N2O/c1-5-11(2)14(16)15(18)17(4)12(3)13-9-7-6-8-10-13/h6-12,14H,5,16H2,1-4H3/t11-,12?,14-/m0/s1. The fraction of sp³-hybridized carbons (Fsp3) is 0.533. The van der Waals surface area contributed by atoms with Crippen LogP contribution in [0, 0.1) is 5.92 Å². The van der Waals surface area contributed by atoms with Crippen molar-refractivity contribution >= 4 is 5.91 Å². The Morgan fingerprint density at radius 1 is 1.28 bits per heavy atom. The number of likely N-dealkylation sites (N-methyl/N-ethyl adjacent to an activating group) is 1. The Hall–Kier alpha value is -1.35. The molecule has 0 heterocycles. The number of carbonyl (C=O) groups excluding carboxylic acids is 1. The highest BCUT2D eigenvalue weighted by Crippen LogP contribution is 2.20. The van der Waals surface area contributed by atoms with Gasteiger partial charge in [0.2, 0.25) is 5.91 Å². The minimum Gasteiger partial charge on any atom is -0.338 e. The van der Waals surface area contributed by atoms with Crippen LogP contribution < -0.4 is 5.73 Å². The summed E-state index contributed by atoms with van der Waals surface area (Å²) in [7, 11) is 1.82. The second-order valence-corrected chi connectivity index (χ2v) is 4.95. The van der Waals surface area contributed by atoms with E-state index in [2.05, 4.69) is 6.92 Å². The number of hydrogen-bond acceptors (Lipinski definition) is 2. The highest BCUT2D eigenvalue weighted by molar-refractivity contribution is 5.82. The topological polar surface area (TPSA) is 46.3 Å². The van der Waals surface area contributed by atoms with E-state index in [1.807, 2.05) is 51.2 Å². The number of nitrogens with zero attached hydrogens (tertiary/aromatic N) is 1. The van der Waals surface area contributed by atoms with Crippen LogP contribution in [0.15, 0.2) is 30.3 Å². The van der Waals surface area contributed by atoms with Crippen LogP contribution in [-0.4, -0.2) is 23.9 Å². The van der Waals surface area contributed by atoms with Crippen molar-refractivity contribution in [2.45, 2.75) is 39.3 Å². The van der Waals surface area contributed by atoms with Gasteiger partial charge in [0.25, 0.3) is 0 Å². The molecule has 18 heavy (non-hydrogen) atoms. The predicted octanol–water partition coefficient (Wildman–Crippen LogP) is 2.58. The van der Waals surface area contributed by atoms with Crippen molar-refractivity contribution in [1.82, 2.24) is 4.90 Å². The maximum absolute atomic E-state index is 12.3. The third-order valence-corrected chi connectivity index (χ3v) is 3.75. The molecule has 0 aliphatic carbocycles. The van der Waals surface area contributed by atoms with Gasteiger partial charge in [-0.25, -0.2) is 0 Å². The van der Waals surface area contributed by atoms with Gasteiger partial charge in [0.1, 0.15) is 0 Å². The number of amides is 1. The zero-order valence-corrected chi connectivity index (χ0v) is 11.8. The molecule has 1 amide bonds. The average molecular weight is 248 g/mol. The summed E-state index contributed by atoms with van der Waals surface area (Å²) in [4.78, 5) is 14.0.